The second-order valence-corrected chi connectivity index (χ2v) is 6.69. The van der Waals surface area contributed by atoms with E-state index in [-0.39, 0.29) is 17.9 Å². The van der Waals surface area contributed by atoms with E-state index in [1.807, 2.05) is 24.3 Å². The topological polar surface area (TPSA) is 68.4 Å². The number of carbonyl (C=O) groups is 1. The lowest BCUT2D eigenvalue weighted by Gasteiger charge is -2.27. The smallest absolute Gasteiger partial charge is 0.260 e. The van der Waals surface area contributed by atoms with Crippen molar-refractivity contribution in [1.82, 2.24) is 14.0 Å². The molecule has 1 aliphatic heterocycles. The molecule has 7 heteroatoms. The SMILES string of the molecule is Cn1c(=O)c2c(n3c4ccccc4nc13)NC(=O)C[C@H]2c1ccccc1F. The Morgan fingerprint density at radius 3 is 2.67 bits per heavy atom. The highest BCUT2D eigenvalue weighted by Crippen LogP contribution is 2.37. The zero-order chi connectivity index (χ0) is 18.7. The van der Waals surface area contributed by atoms with Crippen LogP contribution >= 0.6 is 0 Å². The van der Waals surface area contributed by atoms with Gasteiger partial charge in [0.2, 0.25) is 11.7 Å². The van der Waals surface area contributed by atoms with Crippen LogP contribution < -0.4 is 10.9 Å². The van der Waals surface area contributed by atoms with Gasteiger partial charge in [-0.2, -0.15) is 0 Å². The van der Waals surface area contributed by atoms with Crippen molar-refractivity contribution in [3.05, 3.63) is 75.8 Å². The Morgan fingerprint density at radius 2 is 1.85 bits per heavy atom. The number of hydrogen-bond acceptors (Lipinski definition) is 3. The molecular weight excluding hydrogens is 347 g/mol. The number of amides is 1. The molecule has 0 bridgehead atoms. The van der Waals surface area contributed by atoms with Gasteiger partial charge in [0.05, 0.1) is 16.6 Å². The minimum absolute atomic E-state index is 0.0152. The Balaban J connectivity index is 1.94. The van der Waals surface area contributed by atoms with Crippen LogP contribution in [0.2, 0.25) is 0 Å². The minimum Gasteiger partial charge on any atom is -0.311 e. The largest absolute Gasteiger partial charge is 0.311 e. The number of anilines is 1. The highest BCUT2D eigenvalue weighted by molar-refractivity contribution is 5.96. The number of para-hydroxylation sites is 2. The molecule has 0 fully saturated rings. The molecule has 2 aromatic carbocycles. The second-order valence-electron chi connectivity index (χ2n) is 6.69. The number of imidazole rings is 1. The molecule has 1 N–H and O–H groups in total. The van der Waals surface area contributed by atoms with Crippen LogP contribution in [-0.4, -0.2) is 19.9 Å². The maximum absolute atomic E-state index is 14.5. The lowest BCUT2D eigenvalue weighted by Crippen LogP contribution is -2.35. The number of nitrogens with one attached hydrogen (secondary N) is 1. The van der Waals surface area contributed by atoms with Crippen LogP contribution in [0.4, 0.5) is 10.2 Å². The van der Waals surface area contributed by atoms with Gasteiger partial charge in [-0.25, -0.2) is 9.37 Å². The standard InChI is InChI=1S/C20H15FN4O2/c1-24-19(27)17-12(11-6-2-3-7-13(11)21)10-16(26)23-18(17)25-15-9-5-4-8-14(15)22-20(24)25/h2-9,12H,10H2,1H3,(H,23,26)/t12-/m0/s1. The Labute approximate surface area is 152 Å². The van der Waals surface area contributed by atoms with E-state index in [2.05, 4.69) is 10.3 Å². The van der Waals surface area contributed by atoms with E-state index < -0.39 is 11.7 Å². The van der Waals surface area contributed by atoms with Crippen molar-refractivity contribution in [2.75, 3.05) is 5.32 Å². The molecule has 0 saturated heterocycles. The van der Waals surface area contributed by atoms with Gasteiger partial charge < -0.3 is 5.32 Å². The van der Waals surface area contributed by atoms with Gasteiger partial charge >= 0.3 is 0 Å². The summed E-state index contributed by atoms with van der Waals surface area (Å²) in [5.74, 6) is -0.552. The third-order valence-electron chi connectivity index (χ3n) is 5.13. The van der Waals surface area contributed by atoms with Crippen molar-refractivity contribution in [1.29, 1.82) is 0 Å². The number of aromatic nitrogens is 3. The minimum atomic E-state index is -0.654. The first-order valence-corrected chi connectivity index (χ1v) is 8.60. The Hall–Kier alpha value is -3.48. The summed E-state index contributed by atoms with van der Waals surface area (Å²) in [4.78, 5) is 30.1. The van der Waals surface area contributed by atoms with Crippen molar-refractivity contribution in [3.8, 4) is 0 Å². The molecule has 1 atom stereocenters. The van der Waals surface area contributed by atoms with Crippen molar-refractivity contribution >= 4 is 28.5 Å². The predicted molar refractivity (Wildman–Crippen MR) is 99.4 cm³/mol. The summed E-state index contributed by atoms with van der Waals surface area (Å²) in [6, 6.07) is 13.7. The molecule has 0 aliphatic carbocycles. The normalized spacial score (nSPS) is 16.5. The molecular formula is C20H15FN4O2. The van der Waals surface area contributed by atoms with Crippen molar-refractivity contribution < 1.29 is 9.18 Å². The van der Waals surface area contributed by atoms with Crippen molar-refractivity contribution in [2.45, 2.75) is 12.3 Å². The Kier molecular flexibility index (Phi) is 3.21. The number of benzene rings is 2. The lowest BCUT2D eigenvalue weighted by molar-refractivity contribution is -0.116. The summed E-state index contributed by atoms with van der Waals surface area (Å²) in [7, 11) is 1.64. The van der Waals surface area contributed by atoms with Crippen LogP contribution in [0.5, 0.6) is 0 Å². The monoisotopic (exact) mass is 362 g/mol. The average molecular weight is 362 g/mol. The van der Waals surface area contributed by atoms with Crippen molar-refractivity contribution in [2.24, 2.45) is 7.05 Å². The van der Waals surface area contributed by atoms with Crippen LogP contribution in [0.25, 0.3) is 16.8 Å². The van der Waals surface area contributed by atoms with Gasteiger partial charge in [-0.05, 0) is 23.8 Å². The second kappa shape index (κ2) is 5.51. The third kappa shape index (κ3) is 2.14. The summed E-state index contributed by atoms with van der Waals surface area (Å²) in [5, 5.41) is 2.82. The first-order chi connectivity index (χ1) is 13.1. The molecule has 0 saturated carbocycles. The number of rotatable bonds is 1. The first kappa shape index (κ1) is 15.7. The first-order valence-electron chi connectivity index (χ1n) is 8.60. The molecule has 1 amide bonds. The zero-order valence-corrected chi connectivity index (χ0v) is 14.4. The van der Waals surface area contributed by atoms with Gasteiger partial charge in [-0.1, -0.05) is 30.3 Å². The number of aryl methyl sites for hydroxylation is 1. The zero-order valence-electron chi connectivity index (χ0n) is 14.4. The molecule has 5 rings (SSSR count). The highest BCUT2D eigenvalue weighted by atomic mass is 19.1. The lowest BCUT2D eigenvalue weighted by atomic mass is 9.86. The highest BCUT2D eigenvalue weighted by Gasteiger charge is 2.34. The van der Waals surface area contributed by atoms with Crippen LogP contribution in [0.1, 0.15) is 23.5 Å². The summed E-state index contributed by atoms with van der Waals surface area (Å²) >= 11 is 0. The summed E-state index contributed by atoms with van der Waals surface area (Å²) < 4.78 is 17.7. The molecule has 1 aliphatic rings. The maximum atomic E-state index is 14.5. The van der Waals surface area contributed by atoms with Gasteiger partial charge in [-0.3, -0.25) is 18.6 Å². The van der Waals surface area contributed by atoms with Gasteiger partial charge in [0.15, 0.2) is 0 Å². The van der Waals surface area contributed by atoms with E-state index in [1.54, 1.807) is 29.6 Å². The van der Waals surface area contributed by atoms with E-state index in [4.69, 9.17) is 0 Å². The fourth-order valence-electron chi connectivity index (χ4n) is 3.88. The van der Waals surface area contributed by atoms with Gasteiger partial charge in [-0.15, -0.1) is 0 Å². The van der Waals surface area contributed by atoms with E-state index in [0.29, 0.717) is 28.2 Å². The Bertz CT molecular complexity index is 1300. The van der Waals surface area contributed by atoms with E-state index >= 15 is 0 Å². The fraction of sp³-hybridized carbons (Fsp3) is 0.150. The number of nitrogens with zero attached hydrogens (tertiary/aromatic N) is 3. The molecule has 6 nitrogen and oxygen atoms in total. The predicted octanol–water partition coefficient (Wildman–Crippen LogP) is 2.80. The molecule has 134 valence electrons. The number of fused-ring (bicyclic) bond motifs is 5. The van der Waals surface area contributed by atoms with Crippen LogP contribution in [0.15, 0.2) is 53.3 Å². The van der Waals surface area contributed by atoms with Crippen LogP contribution in [-0.2, 0) is 11.8 Å². The molecule has 2 aromatic heterocycles. The van der Waals surface area contributed by atoms with Gasteiger partial charge in [0, 0.05) is 19.4 Å². The molecule has 0 unspecified atom stereocenters. The summed E-state index contributed by atoms with van der Waals surface area (Å²) in [6.07, 6.45) is 0.0152. The van der Waals surface area contributed by atoms with Crippen LogP contribution in [0.3, 0.4) is 0 Å². The van der Waals surface area contributed by atoms with E-state index in [0.717, 1.165) is 5.52 Å². The quantitative estimate of drug-likeness (QED) is 0.566. The average Bonchev–Trinajstić information content (AvgIpc) is 3.06. The molecule has 3 heterocycles. The Morgan fingerprint density at radius 1 is 1.11 bits per heavy atom. The molecule has 27 heavy (non-hydrogen) atoms. The summed E-state index contributed by atoms with van der Waals surface area (Å²) in [6.45, 7) is 0. The van der Waals surface area contributed by atoms with E-state index in [9.17, 15) is 14.0 Å². The van der Waals surface area contributed by atoms with Crippen molar-refractivity contribution in [3.63, 3.8) is 0 Å². The van der Waals surface area contributed by atoms with Crippen LogP contribution in [0, 0.1) is 5.82 Å². The molecule has 0 radical (unpaired) electrons. The third-order valence-corrected chi connectivity index (χ3v) is 5.13. The number of hydrogen-bond donors (Lipinski definition) is 1. The fourth-order valence-corrected chi connectivity index (χ4v) is 3.88. The molecule has 4 aromatic rings. The molecule has 0 spiro atoms. The van der Waals surface area contributed by atoms with E-state index in [1.165, 1.54) is 10.6 Å². The summed E-state index contributed by atoms with van der Waals surface area (Å²) in [5.41, 5.74) is 1.91. The number of carbonyl (C=O) groups excluding carboxylic acids is 1. The van der Waals surface area contributed by atoms with Gasteiger partial charge in [0.1, 0.15) is 11.6 Å². The number of halogens is 1. The van der Waals surface area contributed by atoms with Gasteiger partial charge in [0.25, 0.3) is 5.56 Å². The maximum Gasteiger partial charge on any atom is 0.260 e.